The summed E-state index contributed by atoms with van der Waals surface area (Å²) < 4.78 is 4.74. The molecule has 1 heterocycles. The number of ether oxygens (including phenoxy) is 1. The molecule has 1 aliphatic rings. The highest BCUT2D eigenvalue weighted by molar-refractivity contribution is 7.16. The lowest BCUT2D eigenvalue weighted by Crippen LogP contribution is -2.10. The average molecular weight is 225 g/mol. The zero-order valence-electron chi connectivity index (χ0n) is 8.28. The number of hydrogen-bond donors (Lipinski definition) is 1. The third kappa shape index (κ3) is 1.74. The van der Waals surface area contributed by atoms with Gasteiger partial charge in [-0.3, -0.25) is 9.59 Å². The maximum atomic E-state index is 11.4. The molecule has 1 unspecified atom stereocenters. The maximum Gasteiger partial charge on any atom is 0.313 e. The molecule has 0 spiro atoms. The molecule has 1 aliphatic carbocycles. The third-order valence-electron chi connectivity index (χ3n) is 2.56. The van der Waals surface area contributed by atoms with Crippen molar-refractivity contribution in [2.75, 3.05) is 12.4 Å². The maximum absolute atomic E-state index is 11.4. The second kappa shape index (κ2) is 4.02. The molecule has 0 bridgehead atoms. The molecule has 1 amide bonds. The minimum Gasteiger partial charge on any atom is -0.469 e. The Morgan fingerprint density at radius 2 is 2.53 bits per heavy atom. The highest BCUT2D eigenvalue weighted by Gasteiger charge is 2.31. The average Bonchev–Trinajstić information content (AvgIpc) is 2.76. The first-order chi connectivity index (χ1) is 7.26. The van der Waals surface area contributed by atoms with E-state index in [1.807, 2.05) is 6.07 Å². The van der Waals surface area contributed by atoms with E-state index in [2.05, 4.69) is 5.32 Å². The Bertz CT molecular complexity index is 399. The van der Waals surface area contributed by atoms with Crippen LogP contribution in [0.25, 0.3) is 0 Å². The van der Waals surface area contributed by atoms with Crippen molar-refractivity contribution in [2.45, 2.75) is 18.8 Å². The predicted octanol–water partition coefficient (Wildman–Crippen LogP) is 1.52. The summed E-state index contributed by atoms with van der Waals surface area (Å²) in [6.45, 7) is 0. The lowest BCUT2D eigenvalue weighted by atomic mass is 10.0. The number of esters is 1. The Labute approximate surface area is 91.2 Å². The minimum atomic E-state index is -0.191. The van der Waals surface area contributed by atoms with Gasteiger partial charge >= 0.3 is 5.97 Å². The topological polar surface area (TPSA) is 55.4 Å². The van der Waals surface area contributed by atoms with Crippen molar-refractivity contribution in [3.8, 4) is 0 Å². The van der Waals surface area contributed by atoms with Crippen LogP contribution < -0.4 is 5.32 Å². The van der Waals surface area contributed by atoms with Gasteiger partial charge in [-0.1, -0.05) is 0 Å². The van der Waals surface area contributed by atoms with Crippen LogP contribution in [0, 0.1) is 0 Å². The van der Waals surface area contributed by atoms with Gasteiger partial charge in [0.25, 0.3) is 0 Å². The molecule has 1 aromatic rings. The van der Waals surface area contributed by atoms with Crippen LogP contribution in [-0.2, 0) is 20.7 Å². The number of amides is 1. The van der Waals surface area contributed by atoms with Crippen LogP contribution in [0.15, 0.2) is 6.07 Å². The Morgan fingerprint density at radius 3 is 3.20 bits per heavy atom. The Hall–Kier alpha value is -1.36. The van der Waals surface area contributed by atoms with Crippen LogP contribution in [0.1, 0.15) is 22.8 Å². The molecule has 4 nitrogen and oxygen atoms in total. The monoisotopic (exact) mass is 225 g/mol. The molecule has 1 aromatic heterocycles. The highest BCUT2D eigenvalue weighted by Crippen LogP contribution is 2.41. The van der Waals surface area contributed by atoms with Crippen molar-refractivity contribution in [1.29, 1.82) is 0 Å². The molecule has 1 atom stereocenters. The number of aryl methyl sites for hydroxylation is 1. The molecule has 0 saturated carbocycles. The van der Waals surface area contributed by atoms with E-state index in [9.17, 15) is 9.59 Å². The van der Waals surface area contributed by atoms with E-state index in [4.69, 9.17) is 4.74 Å². The number of carbonyl (C=O) groups is 2. The van der Waals surface area contributed by atoms with Crippen molar-refractivity contribution < 1.29 is 14.3 Å². The zero-order chi connectivity index (χ0) is 10.8. The number of carbonyl (C=O) groups excluding carboxylic acids is 2. The van der Waals surface area contributed by atoms with Gasteiger partial charge in [-0.2, -0.15) is 0 Å². The standard InChI is InChI=1S/C10H11NO3S/c1-14-10(13)6-2-3-8-7(6)4-9(15-8)11-5-12/h4-6H,2-3H2,1H3,(H,11,12). The van der Waals surface area contributed by atoms with E-state index < -0.39 is 0 Å². The molecule has 80 valence electrons. The van der Waals surface area contributed by atoms with E-state index in [0.29, 0.717) is 6.41 Å². The number of nitrogens with one attached hydrogen (secondary N) is 1. The first-order valence-electron chi connectivity index (χ1n) is 4.67. The minimum absolute atomic E-state index is 0.150. The van der Waals surface area contributed by atoms with Crippen molar-refractivity contribution in [3.05, 3.63) is 16.5 Å². The molecular weight excluding hydrogens is 214 g/mol. The van der Waals surface area contributed by atoms with Gasteiger partial charge < -0.3 is 10.1 Å². The molecule has 2 rings (SSSR count). The van der Waals surface area contributed by atoms with Crippen LogP contribution in [0.5, 0.6) is 0 Å². The number of fused-ring (bicyclic) bond motifs is 1. The lowest BCUT2D eigenvalue weighted by molar-refractivity contribution is -0.142. The summed E-state index contributed by atoms with van der Waals surface area (Å²) in [6.07, 6.45) is 2.35. The summed E-state index contributed by atoms with van der Waals surface area (Å²) in [5.74, 6) is -0.340. The summed E-state index contributed by atoms with van der Waals surface area (Å²) in [5, 5.41) is 3.40. The fourth-order valence-electron chi connectivity index (χ4n) is 1.88. The van der Waals surface area contributed by atoms with Crippen LogP contribution in [-0.4, -0.2) is 19.5 Å². The second-order valence-corrected chi connectivity index (χ2v) is 4.50. The van der Waals surface area contributed by atoms with E-state index in [1.54, 1.807) is 0 Å². The fourth-order valence-corrected chi connectivity index (χ4v) is 2.98. The van der Waals surface area contributed by atoms with Crippen molar-refractivity contribution in [2.24, 2.45) is 0 Å². The van der Waals surface area contributed by atoms with Gasteiger partial charge in [-0.25, -0.2) is 0 Å². The lowest BCUT2D eigenvalue weighted by Gasteiger charge is -2.06. The van der Waals surface area contributed by atoms with Crippen molar-refractivity contribution in [3.63, 3.8) is 0 Å². The first kappa shape index (κ1) is 10.2. The smallest absolute Gasteiger partial charge is 0.313 e. The van der Waals surface area contributed by atoms with Crippen molar-refractivity contribution in [1.82, 2.24) is 0 Å². The molecule has 5 heteroatoms. The number of anilines is 1. The summed E-state index contributed by atoms with van der Waals surface area (Å²) in [4.78, 5) is 22.9. The first-order valence-corrected chi connectivity index (χ1v) is 5.48. The molecule has 15 heavy (non-hydrogen) atoms. The fraction of sp³-hybridized carbons (Fsp3) is 0.400. The van der Waals surface area contributed by atoms with Crippen LogP contribution in [0.2, 0.25) is 0 Å². The van der Waals surface area contributed by atoms with Crippen LogP contribution >= 0.6 is 11.3 Å². The predicted molar refractivity (Wildman–Crippen MR) is 57.1 cm³/mol. The summed E-state index contributed by atoms with van der Waals surface area (Å²) >= 11 is 1.53. The van der Waals surface area contributed by atoms with Gasteiger partial charge in [0.1, 0.15) is 0 Å². The molecule has 0 fully saturated rings. The summed E-state index contributed by atoms with van der Waals surface area (Å²) in [7, 11) is 1.40. The number of hydrogen-bond acceptors (Lipinski definition) is 4. The largest absolute Gasteiger partial charge is 0.469 e. The second-order valence-electron chi connectivity index (χ2n) is 3.37. The van der Waals surface area contributed by atoms with Crippen LogP contribution in [0.4, 0.5) is 5.00 Å². The highest BCUT2D eigenvalue weighted by atomic mass is 32.1. The Morgan fingerprint density at radius 1 is 1.73 bits per heavy atom. The van der Waals surface area contributed by atoms with E-state index >= 15 is 0 Å². The van der Waals surface area contributed by atoms with Gasteiger partial charge in [0.05, 0.1) is 18.0 Å². The SMILES string of the molecule is COC(=O)C1CCc2sc(NC=O)cc21. The van der Waals surface area contributed by atoms with Gasteiger partial charge in [0.2, 0.25) is 6.41 Å². The van der Waals surface area contributed by atoms with Gasteiger partial charge in [0, 0.05) is 4.88 Å². The van der Waals surface area contributed by atoms with Crippen molar-refractivity contribution >= 4 is 28.7 Å². The Kier molecular flexibility index (Phi) is 2.73. The molecule has 1 N–H and O–H groups in total. The zero-order valence-corrected chi connectivity index (χ0v) is 9.10. The molecule has 0 radical (unpaired) electrons. The molecular formula is C10H11NO3S. The summed E-state index contributed by atoms with van der Waals surface area (Å²) in [5.41, 5.74) is 1.01. The molecule has 0 aromatic carbocycles. The Balaban J connectivity index is 2.25. The third-order valence-corrected chi connectivity index (χ3v) is 3.71. The quantitative estimate of drug-likeness (QED) is 0.626. The summed E-state index contributed by atoms with van der Waals surface area (Å²) in [6, 6.07) is 1.86. The van der Waals surface area contributed by atoms with E-state index in [-0.39, 0.29) is 11.9 Å². The van der Waals surface area contributed by atoms with Gasteiger partial charge in [-0.15, -0.1) is 11.3 Å². The van der Waals surface area contributed by atoms with E-state index in [1.165, 1.54) is 23.3 Å². The normalized spacial score (nSPS) is 18.3. The van der Waals surface area contributed by atoms with Gasteiger partial charge in [0.15, 0.2) is 0 Å². The molecule has 0 saturated heterocycles. The molecule has 0 aliphatic heterocycles. The van der Waals surface area contributed by atoms with E-state index in [0.717, 1.165) is 23.4 Å². The van der Waals surface area contributed by atoms with Crippen LogP contribution in [0.3, 0.4) is 0 Å². The number of rotatable bonds is 3. The van der Waals surface area contributed by atoms with Gasteiger partial charge in [-0.05, 0) is 24.5 Å². The number of methoxy groups -OCH3 is 1. The number of thiophene rings is 1.